The van der Waals surface area contributed by atoms with Gasteiger partial charge in [-0.3, -0.25) is 4.57 Å². The molecule has 0 saturated heterocycles. The number of para-hydroxylation sites is 1. The summed E-state index contributed by atoms with van der Waals surface area (Å²) in [7, 11) is 0. The molecule has 19 heavy (non-hydrogen) atoms. The SMILES string of the molecule is Cc1ccc(C)c(-n2c(=S)[nH]c3cccc(Cl)c32)c1. The summed E-state index contributed by atoms with van der Waals surface area (Å²) >= 11 is 11.8. The zero-order valence-corrected chi connectivity index (χ0v) is 12.3. The molecule has 2 nitrogen and oxygen atoms in total. The lowest BCUT2D eigenvalue weighted by Crippen LogP contribution is -1.98. The highest BCUT2D eigenvalue weighted by atomic mass is 35.5. The Morgan fingerprint density at radius 1 is 1.16 bits per heavy atom. The van der Waals surface area contributed by atoms with Gasteiger partial charge in [0.15, 0.2) is 4.77 Å². The van der Waals surface area contributed by atoms with Gasteiger partial charge in [-0.05, 0) is 55.4 Å². The van der Waals surface area contributed by atoms with Crippen molar-refractivity contribution < 1.29 is 0 Å². The summed E-state index contributed by atoms with van der Waals surface area (Å²) in [6, 6.07) is 12.1. The summed E-state index contributed by atoms with van der Waals surface area (Å²) in [6.07, 6.45) is 0. The van der Waals surface area contributed by atoms with Crippen LogP contribution in [0.5, 0.6) is 0 Å². The van der Waals surface area contributed by atoms with E-state index in [-0.39, 0.29) is 0 Å². The summed E-state index contributed by atoms with van der Waals surface area (Å²) in [5, 5.41) is 0.700. The second kappa shape index (κ2) is 4.51. The summed E-state index contributed by atoms with van der Waals surface area (Å²) in [5.41, 5.74) is 5.33. The van der Waals surface area contributed by atoms with Crippen LogP contribution in [0.15, 0.2) is 36.4 Å². The van der Waals surface area contributed by atoms with Gasteiger partial charge < -0.3 is 4.98 Å². The number of rotatable bonds is 1. The van der Waals surface area contributed by atoms with Crippen LogP contribution < -0.4 is 0 Å². The molecule has 1 aromatic heterocycles. The highest BCUT2D eigenvalue weighted by Gasteiger charge is 2.11. The molecule has 0 aliphatic heterocycles. The van der Waals surface area contributed by atoms with Crippen LogP contribution in [0.25, 0.3) is 16.7 Å². The molecule has 0 atom stereocenters. The predicted molar refractivity (Wildman–Crippen MR) is 82.9 cm³/mol. The van der Waals surface area contributed by atoms with E-state index >= 15 is 0 Å². The molecule has 3 rings (SSSR count). The number of imidazole rings is 1. The van der Waals surface area contributed by atoms with Gasteiger partial charge >= 0.3 is 0 Å². The molecular formula is C15H13ClN2S. The molecule has 1 heterocycles. The summed E-state index contributed by atoms with van der Waals surface area (Å²) in [4.78, 5) is 3.21. The molecule has 4 heteroatoms. The van der Waals surface area contributed by atoms with Crippen molar-refractivity contribution in [3.05, 3.63) is 57.3 Å². The zero-order chi connectivity index (χ0) is 13.6. The van der Waals surface area contributed by atoms with Gasteiger partial charge in [0, 0.05) is 0 Å². The fraction of sp³-hybridized carbons (Fsp3) is 0.133. The van der Waals surface area contributed by atoms with Crippen LogP contribution in [0.4, 0.5) is 0 Å². The van der Waals surface area contributed by atoms with Crippen molar-refractivity contribution >= 4 is 34.9 Å². The number of benzene rings is 2. The number of aromatic amines is 1. The number of aryl methyl sites for hydroxylation is 2. The fourth-order valence-electron chi connectivity index (χ4n) is 2.31. The van der Waals surface area contributed by atoms with Crippen LogP contribution in [0.2, 0.25) is 5.02 Å². The molecule has 2 aromatic carbocycles. The van der Waals surface area contributed by atoms with Crippen LogP contribution in [0.1, 0.15) is 11.1 Å². The maximum absolute atomic E-state index is 6.33. The second-order valence-corrected chi connectivity index (χ2v) is 5.49. The molecule has 0 fully saturated rings. The minimum atomic E-state index is 0.664. The molecule has 0 aliphatic carbocycles. The predicted octanol–water partition coefficient (Wildman–Crippen LogP) is 4.96. The van der Waals surface area contributed by atoms with E-state index < -0.39 is 0 Å². The van der Waals surface area contributed by atoms with Crippen LogP contribution in [-0.2, 0) is 0 Å². The second-order valence-electron chi connectivity index (χ2n) is 4.69. The van der Waals surface area contributed by atoms with E-state index in [1.807, 2.05) is 22.8 Å². The fourth-order valence-corrected chi connectivity index (χ4v) is 2.86. The molecule has 1 N–H and O–H groups in total. The summed E-state index contributed by atoms with van der Waals surface area (Å²) in [6.45, 7) is 4.15. The van der Waals surface area contributed by atoms with Crippen molar-refractivity contribution in [3.8, 4) is 5.69 Å². The van der Waals surface area contributed by atoms with Crippen molar-refractivity contribution in [2.45, 2.75) is 13.8 Å². The molecule has 0 unspecified atom stereocenters. The standard InChI is InChI=1S/C15H13ClN2S/c1-9-6-7-10(2)13(8-9)18-14-11(16)4-3-5-12(14)17-15(18)19/h3-8H,1-2H3,(H,17,19). The van der Waals surface area contributed by atoms with Crippen molar-refractivity contribution in [1.29, 1.82) is 0 Å². The smallest absolute Gasteiger partial charge is 0.182 e. The Morgan fingerprint density at radius 2 is 1.95 bits per heavy atom. The van der Waals surface area contributed by atoms with Gasteiger partial charge in [-0.1, -0.05) is 29.8 Å². The number of H-pyrrole nitrogens is 1. The number of halogens is 1. The Morgan fingerprint density at radius 3 is 2.74 bits per heavy atom. The molecule has 96 valence electrons. The van der Waals surface area contributed by atoms with Crippen LogP contribution in [0.3, 0.4) is 0 Å². The van der Waals surface area contributed by atoms with Gasteiger partial charge in [0.05, 0.1) is 21.7 Å². The van der Waals surface area contributed by atoms with Crippen LogP contribution in [-0.4, -0.2) is 9.55 Å². The number of hydrogen-bond acceptors (Lipinski definition) is 1. The topological polar surface area (TPSA) is 20.7 Å². The van der Waals surface area contributed by atoms with Crippen molar-refractivity contribution in [3.63, 3.8) is 0 Å². The van der Waals surface area contributed by atoms with Gasteiger partial charge in [-0.15, -0.1) is 0 Å². The Bertz CT molecular complexity index is 830. The number of aromatic nitrogens is 2. The van der Waals surface area contributed by atoms with Crippen molar-refractivity contribution in [2.24, 2.45) is 0 Å². The molecule has 0 amide bonds. The molecule has 0 radical (unpaired) electrons. The first-order valence-electron chi connectivity index (χ1n) is 6.05. The normalized spacial score (nSPS) is 11.1. The van der Waals surface area contributed by atoms with E-state index in [9.17, 15) is 0 Å². The highest BCUT2D eigenvalue weighted by molar-refractivity contribution is 7.71. The number of fused-ring (bicyclic) bond motifs is 1. The first-order valence-corrected chi connectivity index (χ1v) is 6.83. The third kappa shape index (κ3) is 1.99. The minimum absolute atomic E-state index is 0.664. The summed E-state index contributed by atoms with van der Waals surface area (Å²) in [5.74, 6) is 0. The number of nitrogens with zero attached hydrogens (tertiary/aromatic N) is 1. The quantitative estimate of drug-likeness (QED) is 0.628. The number of hydrogen-bond donors (Lipinski definition) is 1. The van der Waals surface area contributed by atoms with E-state index in [0.717, 1.165) is 16.7 Å². The first-order chi connectivity index (χ1) is 9.08. The van der Waals surface area contributed by atoms with E-state index in [1.54, 1.807) is 0 Å². The lowest BCUT2D eigenvalue weighted by molar-refractivity contribution is 1.04. The van der Waals surface area contributed by atoms with Gasteiger partial charge in [0.1, 0.15) is 0 Å². The molecule has 0 saturated carbocycles. The van der Waals surface area contributed by atoms with E-state index in [1.165, 1.54) is 11.1 Å². The third-order valence-electron chi connectivity index (χ3n) is 3.26. The summed E-state index contributed by atoms with van der Waals surface area (Å²) < 4.78 is 2.67. The molecule has 3 aromatic rings. The third-order valence-corrected chi connectivity index (χ3v) is 3.85. The van der Waals surface area contributed by atoms with E-state index in [4.69, 9.17) is 23.8 Å². The Balaban J connectivity index is 2.46. The minimum Gasteiger partial charge on any atom is -0.330 e. The zero-order valence-electron chi connectivity index (χ0n) is 10.7. The average molecular weight is 289 g/mol. The highest BCUT2D eigenvalue weighted by Crippen LogP contribution is 2.28. The lowest BCUT2D eigenvalue weighted by Gasteiger charge is -2.10. The Kier molecular flexibility index (Phi) is 2.96. The van der Waals surface area contributed by atoms with Gasteiger partial charge in [-0.2, -0.15) is 0 Å². The van der Waals surface area contributed by atoms with Crippen LogP contribution in [0, 0.1) is 18.6 Å². The average Bonchev–Trinajstić information content (AvgIpc) is 2.70. The van der Waals surface area contributed by atoms with Crippen LogP contribution >= 0.6 is 23.8 Å². The monoisotopic (exact) mass is 288 g/mol. The van der Waals surface area contributed by atoms with Gasteiger partial charge in [0.25, 0.3) is 0 Å². The van der Waals surface area contributed by atoms with E-state index in [2.05, 4.69) is 37.0 Å². The van der Waals surface area contributed by atoms with Crippen molar-refractivity contribution in [2.75, 3.05) is 0 Å². The van der Waals surface area contributed by atoms with E-state index in [0.29, 0.717) is 9.79 Å². The molecule has 0 spiro atoms. The van der Waals surface area contributed by atoms with Gasteiger partial charge in [0.2, 0.25) is 0 Å². The Hall–Kier alpha value is -1.58. The Labute approximate surface area is 121 Å². The lowest BCUT2D eigenvalue weighted by atomic mass is 10.1. The maximum atomic E-state index is 6.33. The molecule has 0 aliphatic rings. The van der Waals surface area contributed by atoms with Crippen molar-refractivity contribution in [1.82, 2.24) is 9.55 Å². The number of nitrogens with one attached hydrogen (secondary N) is 1. The molecular weight excluding hydrogens is 276 g/mol. The largest absolute Gasteiger partial charge is 0.330 e. The first kappa shape index (κ1) is 12.5. The van der Waals surface area contributed by atoms with Gasteiger partial charge in [-0.25, -0.2) is 0 Å². The molecule has 0 bridgehead atoms. The maximum Gasteiger partial charge on any atom is 0.182 e.